The van der Waals surface area contributed by atoms with Crippen LogP contribution in [0.2, 0.25) is 5.02 Å². The van der Waals surface area contributed by atoms with Gasteiger partial charge in [0.15, 0.2) is 11.5 Å². The Morgan fingerprint density at radius 1 is 1.31 bits per heavy atom. The fraction of sp³-hybridized carbons (Fsp3) is 0.227. The highest BCUT2D eigenvalue weighted by molar-refractivity contribution is 6.33. The van der Waals surface area contributed by atoms with Gasteiger partial charge in [0.05, 0.1) is 7.11 Å². The molecule has 0 atom stereocenters. The predicted octanol–water partition coefficient (Wildman–Crippen LogP) is 4.53. The number of aromatic nitrogens is 3. The Labute approximate surface area is 173 Å². The zero-order valence-corrected chi connectivity index (χ0v) is 17.1. The van der Waals surface area contributed by atoms with E-state index >= 15 is 0 Å². The Kier molecular flexibility index (Phi) is 4.88. The number of carbonyl (C=O) groups is 1. The Morgan fingerprint density at radius 2 is 2.10 bits per heavy atom. The third kappa shape index (κ3) is 3.76. The fourth-order valence-electron chi connectivity index (χ4n) is 3.42. The third-order valence-corrected chi connectivity index (χ3v) is 5.05. The van der Waals surface area contributed by atoms with Gasteiger partial charge in [-0.1, -0.05) is 29.8 Å². The first-order valence-electron chi connectivity index (χ1n) is 9.14. The van der Waals surface area contributed by atoms with Gasteiger partial charge in [0, 0.05) is 22.6 Å². The average molecular weight is 410 g/mol. The van der Waals surface area contributed by atoms with E-state index in [1.807, 2.05) is 38.1 Å². The lowest BCUT2D eigenvalue weighted by Gasteiger charge is -2.17. The van der Waals surface area contributed by atoms with E-state index in [-0.39, 0.29) is 11.4 Å². The fourth-order valence-corrected chi connectivity index (χ4v) is 3.61. The summed E-state index contributed by atoms with van der Waals surface area (Å²) in [6.45, 7) is 4.01. The van der Waals surface area contributed by atoms with Crippen molar-refractivity contribution in [2.24, 2.45) is 0 Å². The van der Waals surface area contributed by atoms with Crippen LogP contribution < -0.4 is 9.47 Å². The largest absolute Gasteiger partial charge is 0.493 e. The molecule has 29 heavy (non-hydrogen) atoms. The number of allylic oxidation sites excluding steroid dienone is 1. The first-order valence-corrected chi connectivity index (χ1v) is 9.51. The summed E-state index contributed by atoms with van der Waals surface area (Å²) in [5.74, 6) is 1.000. The second-order valence-corrected chi connectivity index (χ2v) is 7.83. The minimum atomic E-state index is -0.348. The molecule has 0 spiro atoms. The Hall–Kier alpha value is -3.12. The van der Waals surface area contributed by atoms with Crippen LogP contribution in [-0.4, -0.2) is 33.3 Å². The van der Waals surface area contributed by atoms with Gasteiger partial charge in [-0.2, -0.15) is 5.10 Å². The number of Topliss-reactive ketones (excluding diaryl/α,β-unsaturated/α-hetero) is 1. The van der Waals surface area contributed by atoms with Crippen molar-refractivity contribution in [2.45, 2.75) is 25.9 Å². The second-order valence-electron chi connectivity index (χ2n) is 7.43. The summed E-state index contributed by atoms with van der Waals surface area (Å²) in [5.41, 5.74) is 2.12. The summed E-state index contributed by atoms with van der Waals surface area (Å²) in [7, 11) is 1.57. The van der Waals surface area contributed by atoms with Crippen molar-refractivity contribution < 1.29 is 14.3 Å². The van der Waals surface area contributed by atoms with Crippen LogP contribution in [0.3, 0.4) is 0 Å². The smallest absolute Gasteiger partial charge is 0.211 e. The number of ketones is 1. The lowest BCUT2D eigenvalue weighted by molar-refractivity contribution is 0.105. The van der Waals surface area contributed by atoms with Crippen molar-refractivity contribution in [3.63, 3.8) is 0 Å². The Morgan fingerprint density at radius 3 is 2.79 bits per heavy atom. The number of benzene rings is 2. The van der Waals surface area contributed by atoms with Crippen molar-refractivity contribution in [1.82, 2.24) is 14.8 Å². The molecule has 2 aromatic carbocycles. The molecule has 0 saturated heterocycles. The quantitative estimate of drug-likeness (QED) is 0.457. The van der Waals surface area contributed by atoms with Crippen molar-refractivity contribution in [1.29, 1.82) is 0 Å². The van der Waals surface area contributed by atoms with Crippen molar-refractivity contribution >= 4 is 29.2 Å². The number of hydrogen-bond donors (Lipinski definition) is 0. The lowest BCUT2D eigenvalue weighted by atomic mass is 9.97. The molecule has 6 nitrogen and oxygen atoms in total. The van der Waals surface area contributed by atoms with Gasteiger partial charge in [0.25, 0.3) is 0 Å². The van der Waals surface area contributed by atoms with Crippen LogP contribution >= 0.6 is 11.6 Å². The Bertz CT molecular complexity index is 1100. The first-order chi connectivity index (χ1) is 13.9. The van der Waals surface area contributed by atoms with E-state index in [0.717, 1.165) is 5.56 Å². The third-order valence-electron chi connectivity index (χ3n) is 4.70. The van der Waals surface area contributed by atoms with E-state index in [0.29, 0.717) is 39.8 Å². The van der Waals surface area contributed by atoms with Crippen LogP contribution in [0, 0.1) is 0 Å². The molecular formula is C22H20ClN3O3. The summed E-state index contributed by atoms with van der Waals surface area (Å²) >= 11 is 6.30. The molecule has 1 aliphatic rings. The number of halogens is 1. The summed E-state index contributed by atoms with van der Waals surface area (Å²) in [4.78, 5) is 17.5. The maximum atomic E-state index is 13.5. The molecule has 0 unspecified atom stereocenters. The van der Waals surface area contributed by atoms with Gasteiger partial charge in [-0.3, -0.25) is 4.79 Å². The molecule has 0 aliphatic carbocycles. The SMILES string of the molecule is COc1cc(C(=O)C(=Cc2ccccc2Cl)n2cncn2)cc2c1OC(C)(C)C2. The van der Waals surface area contributed by atoms with E-state index in [2.05, 4.69) is 10.1 Å². The van der Waals surface area contributed by atoms with Crippen molar-refractivity contribution in [3.8, 4) is 11.5 Å². The molecule has 1 aliphatic heterocycles. The molecule has 0 fully saturated rings. The van der Waals surface area contributed by atoms with Crippen molar-refractivity contribution in [2.75, 3.05) is 7.11 Å². The predicted molar refractivity (Wildman–Crippen MR) is 111 cm³/mol. The van der Waals surface area contributed by atoms with Gasteiger partial charge in [0.2, 0.25) is 5.78 Å². The van der Waals surface area contributed by atoms with E-state index in [1.54, 1.807) is 25.3 Å². The normalized spacial score (nSPS) is 15.0. The summed E-state index contributed by atoms with van der Waals surface area (Å²) in [6, 6.07) is 10.9. The van der Waals surface area contributed by atoms with Crippen LogP contribution in [0.1, 0.15) is 35.3 Å². The lowest BCUT2D eigenvalue weighted by Crippen LogP contribution is -2.24. The molecule has 4 rings (SSSR count). The van der Waals surface area contributed by atoms with E-state index < -0.39 is 0 Å². The van der Waals surface area contributed by atoms with Gasteiger partial charge >= 0.3 is 0 Å². The monoisotopic (exact) mass is 409 g/mol. The van der Waals surface area contributed by atoms with E-state index in [9.17, 15) is 4.79 Å². The molecule has 3 aromatic rings. The maximum absolute atomic E-state index is 13.5. The van der Waals surface area contributed by atoms with Crippen LogP contribution in [0.15, 0.2) is 49.1 Å². The van der Waals surface area contributed by atoms with Crippen LogP contribution in [0.25, 0.3) is 11.8 Å². The van der Waals surface area contributed by atoms with Gasteiger partial charge in [-0.25, -0.2) is 9.67 Å². The highest BCUT2D eigenvalue weighted by Crippen LogP contribution is 2.43. The van der Waals surface area contributed by atoms with Gasteiger partial charge in [-0.15, -0.1) is 0 Å². The number of carbonyl (C=O) groups excluding carboxylic acids is 1. The number of methoxy groups -OCH3 is 1. The molecule has 148 valence electrons. The molecule has 0 radical (unpaired) electrons. The first kappa shape index (κ1) is 19.2. The molecule has 0 amide bonds. The number of hydrogen-bond acceptors (Lipinski definition) is 5. The van der Waals surface area contributed by atoms with Gasteiger partial charge in [-0.05, 0) is 43.7 Å². The summed E-state index contributed by atoms with van der Waals surface area (Å²) in [5, 5.41) is 4.69. The second kappa shape index (κ2) is 7.37. The highest BCUT2D eigenvalue weighted by Gasteiger charge is 2.34. The van der Waals surface area contributed by atoms with Crippen molar-refractivity contribution in [3.05, 3.63) is 70.8 Å². The van der Waals surface area contributed by atoms with Gasteiger partial charge < -0.3 is 9.47 Å². The number of ether oxygens (including phenoxy) is 2. The zero-order valence-electron chi connectivity index (χ0n) is 16.3. The highest BCUT2D eigenvalue weighted by atomic mass is 35.5. The zero-order chi connectivity index (χ0) is 20.6. The molecular weight excluding hydrogens is 390 g/mol. The standard InChI is InChI=1S/C22H20ClN3O3/c1-22(2)11-16-8-15(10-19(28-3)21(16)29-22)20(27)18(26-13-24-12-25-26)9-14-6-4-5-7-17(14)23/h4-10,12-13H,11H2,1-3H3. The topological polar surface area (TPSA) is 66.2 Å². The maximum Gasteiger partial charge on any atom is 0.211 e. The number of fused-ring (bicyclic) bond motifs is 1. The molecule has 2 heterocycles. The minimum absolute atomic E-state index is 0.221. The van der Waals surface area contributed by atoms with Crippen LogP contribution in [-0.2, 0) is 6.42 Å². The Balaban J connectivity index is 1.82. The molecule has 1 aromatic heterocycles. The molecule has 0 bridgehead atoms. The molecule has 0 saturated carbocycles. The average Bonchev–Trinajstić information content (AvgIpc) is 3.32. The summed E-state index contributed by atoms with van der Waals surface area (Å²) in [6.07, 6.45) is 5.26. The van der Waals surface area contributed by atoms with E-state index in [4.69, 9.17) is 21.1 Å². The van der Waals surface area contributed by atoms with Crippen LogP contribution in [0.4, 0.5) is 0 Å². The number of rotatable bonds is 5. The molecule has 7 heteroatoms. The number of nitrogens with zero attached hydrogens (tertiary/aromatic N) is 3. The molecule has 0 N–H and O–H groups in total. The van der Waals surface area contributed by atoms with E-state index in [1.165, 1.54) is 17.3 Å². The minimum Gasteiger partial charge on any atom is -0.493 e. The summed E-state index contributed by atoms with van der Waals surface area (Å²) < 4.78 is 12.9. The van der Waals surface area contributed by atoms with Crippen LogP contribution in [0.5, 0.6) is 11.5 Å². The van der Waals surface area contributed by atoms with Gasteiger partial charge in [0.1, 0.15) is 24.0 Å².